The average Bonchev–Trinajstić information content (AvgIpc) is 3.38. The fraction of sp³-hybridized carbons (Fsp3) is 0.345. The molecule has 0 spiro atoms. The van der Waals surface area contributed by atoms with Crippen LogP contribution >= 0.6 is 45.8 Å². The van der Waals surface area contributed by atoms with Crippen LogP contribution in [0.3, 0.4) is 0 Å². The third-order valence-electron chi connectivity index (χ3n) is 9.18. The molecule has 10 nitrogen and oxygen atoms in total. The van der Waals surface area contributed by atoms with Gasteiger partial charge in [-0.1, -0.05) is 11.6 Å². The molecule has 18 heteroatoms. The predicted molar refractivity (Wildman–Crippen MR) is 158 cm³/mol. The smallest absolute Gasteiger partial charge is 0.423 e. The topological polar surface area (TPSA) is 131 Å². The maximum atomic E-state index is 15.1. The number of benzene rings is 2. The number of nitrogens with zero attached hydrogens (tertiary/aromatic N) is 2. The minimum atomic E-state index is -2.76. The van der Waals surface area contributed by atoms with Crippen molar-refractivity contribution in [3.8, 4) is 11.5 Å². The van der Waals surface area contributed by atoms with Gasteiger partial charge in [0.1, 0.15) is 5.69 Å². The molecular weight excluding hydrogens is 797 g/mol. The first kappa shape index (κ1) is 33.4. The van der Waals surface area contributed by atoms with Crippen molar-refractivity contribution >= 4 is 81.2 Å². The lowest BCUT2D eigenvalue weighted by atomic mass is 9.56. The van der Waals surface area contributed by atoms with Crippen molar-refractivity contribution in [2.45, 2.75) is 28.5 Å². The van der Waals surface area contributed by atoms with Crippen LogP contribution in [0.4, 0.5) is 32.4 Å². The molecule has 2 aromatic rings. The number of methoxy groups -OCH3 is 2. The number of aromatic hydroxyl groups is 1. The van der Waals surface area contributed by atoms with Gasteiger partial charge in [-0.3, -0.25) is 19.2 Å². The predicted octanol–water partition coefficient (Wildman–Crippen LogP) is 5.03. The van der Waals surface area contributed by atoms with Gasteiger partial charge in [0.2, 0.25) is 17.6 Å². The molecule has 0 unspecified atom stereocenters. The van der Waals surface area contributed by atoms with Gasteiger partial charge in [-0.15, -0.1) is 23.2 Å². The number of hydrogen-bond donors (Lipinski definition) is 1. The molecule has 0 radical (unpaired) electrons. The first-order valence-corrected chi connectivity index (χ1v) is 15.3. The maximum absolute atomic E-state index is 15.1. The molecule has 6 rings (SSSR count). The third kappa shape index (κ3) is 4.15. The number of rotatable bonds is 3. The van der Waals surface area contributed by atoms with E-state index in [2.05, 4.69) is 4.74 Å². The van der Waals surface area contributed by atoms with Crippen molar-refractivity contribution in [3.05, 3.63) is 62.0 Å². The lowest BCUT2D eigenvalue weighted by Crippen LogP contribution is -2.60. The van der Waals surface area contributed by atoms with Crippen LogP contribution in [0.2, 0.25) is 0 Å². The molecule has 248 valence electrons. The Hall–Kier alpha value is -3.51. The van der Waals surface area contributed by atoms with Crippen LogP contribution < -0.4 is 9.64 Å². The molecule has 1 N–H and O–H groups in total. The molecule has 2 aliphatic heterocycles. The zero-order valence-corrected chi connectivity index (χ0v) is 27.3. The number of fused-ring (bicyclic) bond motifs is 4. The van der Waals surface area contributed by atoms with Crippen LogP contribution in [-0.4, -0.2) is 63.7 Å². The monoisotopic (exact) mass is 814 g/mol. The van der Waals surface area contributed by atoms with Crippen molar-refractivity contribution in [2.75, 3.05) is 19.1 Å². The number of anilines is 1. The van der Waals surface area contributed by atoms with Crippen molar-refractivity contribution in [2.24, 2.45) is 17.8 Å². The van der Waals surface area contributed by atoms with Crippen LogP contribution in [0.25, 0.3) is 0 Å². The number of carbonyl (C=O) groups is 5. The number of alkyl halides is 2. The molecule has 2 saturated heterocycles. The fourth-order valence-corrected chi connectivity index (χ4v) is 8.69. The Balaban J connectivity index is 1.62. The van der Waals surface area contributed by atoms with E-state index in [0.29, 0.717) is 4.90 Å². The van der Waals surface area contributed by atoms with Gasteiger partial charge in [-0.25, -0.2) is 31.6 Å². The minimum Gasteiger partial charge on any atom is -0.504 e. The molecule has 0 aromatic heterocycles. The molecule has 4 aliphatic rings. The van der Waals surface area contributed by atoms with Gasteiger partial charge in [-0.2, -0.15) is 4.90 Å². The van der Waals surface area contributed by atoms with Crippen molar-refractivity contribution in [1.82, 2.24) is 4.90 Å². The van der Waals surface area contributed by atoms with E-state index in [1.807, 2.05) is 0 Å². The molecule has 1 saturated carbocycles. The van der Waals surface area contributed by atoms with Crippen LogP contribution in [0.15, 0.2) is 23.8 Å². The molecule has 47 heavy (non-hydrogen) atoms. The fourth-order valence-electron chi connectivity index (χ4n) is 7.13. The standard InChI is InChI=1S/C29H18Cl2F5IN2O8/c1-46-13-6-8(5-12(37)22(13)40)15-9-3-4-10-14(24(42)39(23(10)41)27(45)47-2)11(9)7-28(30)25(43)38(26(44)29(15,28)31)21-19(35)17(33)16(32)18(34)20(21)36/h3,5-6,10-11,14-15,40H,4,7H2,1-2H3/t10-,11+,14-,15-,28+,29-/m0/s1. The summed E-state index contributed by atoms with van der Waals surface area (Å²) in [7, 11) is 2.14. The largest absolute Gasteiger partial charge is 0.504 e. The first-order valence-electron chi connectivity index (χ1n) is 13.5. The Kier molecular flexibility index (Phi) is 7.83. The SMILES string of the molecule is COC(=O)N1C(=O)[C@H]2[C@H](CC=C3[C@H]2C[C@@]2(Cl)C(=O)N(c4c(F)c(F)c(F)c(F)c4F)C(=O)[C@@]2(Cl)[C@H]3c2cc(I)c(O)c(OC)c2)C1=O. The summed E-state index contributed by atoms with van der Waals surface area (Å²) in [6.07, 6.45) is -0.756. The van der Waals surface area contributed by atoms with E-state index in [0.717, 1.165) is 7.11 Å². The Morgan fingerprint density at radius 3 is 2.11 bits per heavy atom. The Morgan fingerprint density at radius 1 is 0.936 bits per heavy atom. The number of phenolic OH excluding ortho intramolecular Hbond substituents is 1. The maximum Gasteiger partial charge on any atom is 0.423 e. The first-order chi connectivity index (χ1) is 22.0. The van der Waals surface area contributed by atoms with E-state index in [1.165, 1.54) is 25.3 Å². The normalized spacial score (nSPS) is 29.9. The van der Waals surface area contributed by atoms with E-state index in [9.17, 15) is 42.3 Å². The number of phenols is 1. The Morgan fingerprint density at radius 2 is 1.53 bits per heavy atom. The highest BCUT2D eigenvalue weighted by Crippen LogP contribution is 2.66. The number of likely N-dealkylation sites (tertiary alicyclic amines) is 1. The summed E-state index contributed by atoms with van der Waals surface area (Å²) in [4.78, 5) is 62.1. The quantitative estimate of drug-likeness (QED) is 0.0870. The number of hydrogen-bond acceptors (Lipinski definition) is 8. The van der Waals surface area contributed by atoms with Crippen molar-refractivity contribution in [3.63, 3.8) is 0 Å². The van der Waals surface area contributed by atoms with E-state index < -0.39 is 104 Å². The second-order valence-electron chi connectivity index (χ2n) is 11.2. The molecule has 0 bridgehead atoms. The number of imide groups is 4. The van der Waals surface area contributed by atoms with Gasteiger partial charge in [0.05, 0.1) is 29.6 Å². The van der Waals surface area contributed by atoms with Gasteiger partial charge in [0.15, 0.2) is 44.5 Å². The summed E-state index contributed by atoms with van der Waals surface area (Å²) in [5, 5.41) is 10.5. The summed E-state index contributed by atoms with van der Waals surface area (Å²) in [6, 6.07) is 2.54. The molecule has 5 amide bonds. The van der Waals surface area contributed by atoms with Gasteiger partial charge in [-0.05, 0) is 59.0 Å². The second kappa shape index (κ2) is 11.0. The third-order valence-corrected chi connectivity index (χ3v) is 11.4. The van der Waals surface area contributed by atoms with Gasteiger partial charge in [0.25, 0.3) is 11.8 Å². The zero-order valence-electron chi connectivity index (χ0n) is 23.7. The lowest BCUT2D eigenvalue weighted by molar-refractivity contribution is -0.138. The molecule has 2 aliphatic carbocycles. The molecular formula is C29H18Cl2F5IN2O8. The highest BCUT2D eigenvalue weighted by Gasteiger charge is 2.77. The molecule has 3 fully saturated rings. The van der Waals surface area contributed by atoms with E-state index >= 15 is 8.78 Å². The van der Waals surface area contributed by atoms with E-state index in [4.69, 9.17) is 27.9 Å². The molecule has 2 heterocycles. The summed E-state index contributed by atoms with van der Waals surface area (Å²) in [5.41, 5.74) is -1.74. The number of halogens is 8. The van der Waals surface area contributed by atoms with Crippen LogP contribution in [0.5, 0.6) is 11.5 Å². The number of allylic oxidation sites excluding steroid dienone is 2. The molecule has 2 aromatic carbocycles. The van der Waals surface area contributed by atoms with E-state index in [1.54, 1.807) is 22.6 Å². The van der Waals surface area contributed by atoms with Crippen molar-refractivity contribution < 1.29 is 60.5 Å². The summed E-state index contributed by atoms with van der Waals surface area (Å²) < 4.78 is 82.8. The van der Waals surface area contributed by atoms with Gasteiger partial charge in [0, 0.05) is 5.92 Å². The minimum absolute atomic E-state index is 0.0282. The van der Waals surface area contributed by atoms with Gasteiger partial charge < -0.3 is 14.6 Å². The number of ether oxygens (including phenoxy) is 2. The highest BCUT2D eigenvalue weighted by molar-refractivity contribution is 14.1. The van der Waals surface area contributed by atoms with Crippen LogP contribution in [-0.2, 0) is 23.9 Å². The van der Waals surface area contributed by atoms with E-state index in [-0.39, 0.29) is 37.5 Å². The number of amides is 5. The average molecular weight is 815 g/mol. The lowest BCUT2D eigenvalue weighted by Gasteiger charge is -2.50. The number of carbonyl (C=O) groups excluding carboxylic acids is 5. The Bertz CT molecular complexity index is 1870. The summed E-state index contributed by atoms with van der Waals surface area (Å²) >= 11 is 15.8. The summed E-state index contributed by atoms with van der Waals surface area (Å²) in [6.45, 7) is 0. The Labute approximate surface area is 284 Å². The zero-order chi connectivity index (χ0) is 34.7. The van der Waals surface area contributed by atoms with Gasteiger partial charge >= 0.3 is 6.09 Å². The highest BCUT2D eigenvalue weighted by atomic mass is 127. The molecule has 6 atom stereocenters. The second-order valence-corrected chi connectivity index (χ2v) is 13.6. The summed E-state index contributed by atoms with van der Waals surface area (Å²) in [5.74, 6) is -23.6. The van der Waals surface area contributed by atoms with Crippen LogP contribution in [0.1, 0.15) is 24.3 Å². The van der Waals surface area contributed by atoms with Crippen molar-refractivity contribution in [1.29, 1.82) is 0 Å². The van der Waals surface area contributed by atoms with Crippen LogP contribution in [0, 0.1) is 50.4 Å².